The van der Waals surface area contributed by atoms with Crippen molar-refractivity contribution in [1.82, 2.24) is 0 Å². The van der Waals surface area contributed by atoms with Crippen LogP contribution in [0.4, 0.5) is 0 Å². The highest BCUT2D eigenvalue weighted by atomic mass is 29.3. The zero-order chi connectivity index (χ0) is 15.1. The normalized spacial score (nSPS) is 24.8. The smallest absolute Gasteiger partial charge is 0.174 e. The summed E-state index contributed by atoms with van der Waals surface area (Å²) in [6.45, 7) is 12.3. The predicted molar refractivity (Wildman–Crippen MR) is 96.5 cm³/mol. The van der Waals surface area contributed by atoms with Crippen LogP contribution >= 0.6 is 0 Å². The summed E-state index contributed by atoms with van der Waals surface area (Å²) in [5.74, 6) is 0. The summed E-state index contributed by atoms with van der Waals surface area (Å²) in [5.41, 5.74) is 0. The highest BCUT2D eigenvalue weighted by Crippen LogP contribution is 2.35. The quantitative estimate of drug-likeness (QED) is 0.358. The van der Waals surface area contributed by atoms with Crippen molar-refractivity contribution in [3.63, 3.8) is 0 Å². The topological polar surface area (TPSA) is 9.23 Å². The summed E-state index contributed by atoms with van der Waals surface area (Å²) in [4.78, 5) is 0. The number of hydrogen-bond acceptors (Lipinski definition) is 1. The molecule has 20 heavy (non-hydrogen) atoms. The van der Waals surface area contributed by atoms with Gasteiger partial charge in [0.1, 0.15) is 0 Å². The first-order chi connectivity index (χ1) is 9.39. The summed E-state index contributed by atoms with van der Waals surface area (Å²) in [7, 11) is -2.35. The Kier molecular flexibility index (Phi) is 8.06. The Balaban J connectivity index is 2.06. The second-order valence-electron chi connectivity index (χ2n) is 7.94. The summed E-state index contributed by atoms with van der Waals surface area (Å²) in [6, 6.07) is 1.51. The van der Waals surface area contributed by atoms with E-state index in [0.29, 0.717) is 6.10 Å². The SMILES string of the molecule is CCCCCCCCCCC1CC[Si](C)(C)[Si](C)(C)O1. The van der Waals surface area contributed by atoms with E-state index in [1.165, 1.54) is 70.3 Å². The fraction of sp³-hybridized carbons (Fsp3) is 1.00. The molecule has 1 nitrogen and oxygen atoms in total. The minimum absolute atomic E-state index is 0.609. The van der Waals surface area contributed by atoms with E-state index in [9.17, 15) is 0 Å². The van der Waals surface area contributed by atoms with Crippen LogP contribution in [-0.4, -0.2) is 21.5 Å². The van der Waals surface area contributed by atoms with Crippen LogP contribution in [0.3, 0.4) is 0 Å². The molecular weight excluding hydrogens is 276 g/mol. The lowest BCUT2D eigenvalue weighted by atomic mass is 10.0. The van der Waals surface area contributed by atoms with Crippen LogP contribution in [0.5, 0.6) is 0 Å². The van der Waals surface area contributed by atoms with E-state index < -0.39 is 15.4 Å². The maximum atomic E-state index is 6.55. The summed E-state index contributed by atoms with van der Waals surface area (Å²) >= 11 is 0. The van der Waals surface area contributed by atoms with Gasteiger partial charge in [0, 0.05) is 6.10 Å². The van der Waals surface area contributed by atoms with Gasteiger partial charge in [0.25, 0.3) is 0 Å². The maximum Gasteiger partial charge on any atom is 0.174 e. The molecule has 1 fully saturated rings. The van der Waals surface area contributed by atoms with E-state index in [1.807, 2.05) is 0 Å². The van der Waals surface area contributed by atoms with Crippen LogP contribution in [0.2, 0.25) is 32.2 Å². The molecule has 1 aliphatic rings. The van der Waals surface area contributed by atoms with Crippen LogP contribution in [0.25, 0.3) is 0 Å². The third-order valence-electron chi connectivity index (χ3n) is 5.56. The van der Waals surface area contributed by atoms with Gasteiger partial charge in [-0.25, -0.2) is 0 Å². The first-order valence-corrected chi connectivity index (χ1v) is 16.2. The number of rotatable bonds is 9. The Labute approximate surface area is 129 Å². The minimum Gasteiger partial charge on any atom is -0.417 e. The predicted octanol–water partition coefficient (Wildman–Crippen LogP) is 6.30. The molecular formula is C17H38OSi2. The highest BCUT2D eigenvalue weighted by Gasteiger charge is 2.47. The zero-order valence-corrected chi connectivity index (χ0v) is 16.8. The summed E-state index contributed by atoms with van der Waals surface area (Å²) in [6.07, 6.45) is 14.7. The van der Waals surface area contributed by atoms with Gasteiger partial charge in [-0.2, -0.15) is 0 Å². The second kappa shape index (κ2) is 8.74. The Morgan fingerprint density at radius 1 is 0.850 bits per heavy atom. The minimum atomic E-state index is -1.33. The third kappa shape index (κ3) is 6.02. The van der Waals surface area contributed by atoms with Gasteiger partial charge < -0.3 is 4.43 Å². The Hall–Kier alpha value is 0.394. The maximum absolute atomic E-state index is 6.55. The second-order valence-corrected chi connectivity index (χ2v) is 23.1. The molecule has 1 unspecified atom stereocenters. The molecule has 0 aromatic rings. The van der Waals surface area contributed by atoms with Crippen molar-refractivity contribution >= 4 is 15.4 Å². The highest BCUT2D eigenvalue weighted by molar-refractivity contribution is 7.38. The molecule has 1 saturated heterocycles. The fourth-order valence-electron chi connectivity index (χ4n) is 3.17. The van der Waals surface area contributed by atoms with Crippen molar-refractivity contribution in [2.75, 3.05) is 0 Å². The molecule has 0 N–H and O–H groups in total. The lowest BCUT2D eigenvalue weighted by Gasteiger charge is -2.45. The van der Waals surface area contributed by atoms with Gasteiger partial charge in [-0.1, -0.05) is 77.4 Å². The molecule has 3 heteroatoms. The lowest BCUT2D eigenvalue weighted by molar-refractivity contribution is 0.171. The zero-order valence-electron chi connectivity index (χ0n) is 14.8. The molecule has 120 valence electrons. The van der Waals surface area contributed by atoms with Crippen LogP contribution in [0.15, 0.2) is 0 Å². The first-order valence-electron chi connectivity index (χ1n) is 9.07. The summed E-state index contributed by atoms with van der Waals surface area (Å²) in [5, 5.41) is 0. The van der Waals surface area contributed by atoms with Gasteiger partial charge in [0.15, 0.2) is 7.83 Å². The number of hydrogen-bond donors (Lipinski definition) is 0. The van der Waals surface area contributed by atoms with Crippen molar-refractivity contribution in [3.8, 4) is 0 Å². The summed E-state index contributed by atoms with van der Waals surface area (Å²) < 4.78 is 6.55. The lowest BCUT2D eigenvalue weighted by Crippen LogP contribution is -2.61. The Bertz CT molecular complexity index is 264. The molecule has 1 atom stereocenters. The van der Waals surface area contributed by atoms with Crippen molar-refractivity contribution in [3.05, 3.63) is 0 Å². The molecule has 0 aliphatic carbocycles. The van der Waals surface area contributed by atoms with Crippen LogP contribution in [-0.2, 0) is 4.43 Å². The molecule has 0 aromatic carbocycles. The van der Waals surface area contributed by atoms with E-state index in [0.717, 1.165) is 0 Å². The molecule has 1 heterocycles. The molecule has 1 rings (SSSR count). The van der Waals surface area contributed by atoms with Gasteiger partial charge in [-0.3, -0.25) is 0 Å². The van der Waals surface area contributed by atoms with Crippen molar-refractivity contribution < 1.29 is 4.43 Å². The Morgan fingerprint density at radius 3 is 1.95 bits per heavy atom. The van der Waals surface area contributed by atoms with Crippen molar-refractivity contribution in [2.45, 2.75) is 109 Å². The van der Waals surface area contributed by atoms with Gasteiger partial charge >= 0.3 is 0 Å². The molecule has 0 aromatic heterocycles. The van der Waals surface area contributed by atoms with Gasteiger partial charge in [-0.05, 0) is 25.9 Å². The van der Waals surface area contributed by atoms with Crippen LogP contribution in [0, 0.1) is 0 Å². The van der Waals surface area contributed by atoms with E-state index in [1.54, 1.807) is 0 Å². The molecule has 0 spiro atoms. The van der Waals surface area contributed by atoms with E-state index in [2.05, 4.69) is 33.1 Å². The van der Waals surface area contributed by atoms with Crippen molar-refractivity contribution in [1.29, 1.82) is 0 Å². The molecule has 0 saturated carbocycles. The van der Waals surface area contributed by atoms with E-state index >= 15 is 0 Å². The standard InChI is InChI=1S/C17H38OSi2/c1-6-7-8-9-10-11-12-13-14-17-15-16-19(2,3)20(4,5)18-17/h17H,6-16H2,1-5H3. The average Bonchev–Trinajstić information content (AvgIpc) is 2.37. The van der Waals surface area contributed by atoms with Crippen LogP contribution < -0.4 is 0 Å². The van der Waals surface area contributed by atoms with Gasteiger partial charge in [-0.15, -0.1) is 0 Å². The van der Waals surface area contributed by atoms with Crippen LogP contribution in [0.1, 0.15) is 71.1 Å². The Morgan fingerprint density at radius 2 is 1.40 bits per heavy atom. The molecule has 0 bridgehead atoms. The first kappa shape index (κ1) is 18.4. The largest absolute Gasteiger partial charge is 0.417 e. The monoisotopic (exact) mass is 314 g/mol. The van der Waals surface area contributed by atoms with Gasteiger partial charge in [0.05, 0.1) is 7.59 Å². The molecule has 0 amide bonds. The van der Waals surface area contributed by atoms with E-state index in [-0.39, 0.29) is 0 Å². The number of unbranched alkanes of at least 4 members (excludes halogenated alkanes) is 7. The molecule has 1 aliphatic heterocycles. The van der Waals surface area contributed by atoms with Crippen molar-refractivity contribution in [2.24, 2.45) is 0 Å². The van der Waals surface area contributed by atoms with E-state index in [4.69, 9.17) is 4.43 Å². The van der Waals surface area contributed by atoms with Gasteiger partial charge in [0.2, 0.25) is 0 Å². The fourth-order valence-corrected chi connectivity index (χ4v) is 9.90. The average molecular weight is 315 g/mol. The molecule has 0 radical (unpaired) electrons. The third-order valence-corrected chi connectivity index (χ3v) is 22.2.